The lowest BCUT2D eigenvalue weighted by Crippen LogP contribution is -2.53. The standard InChI is InChI=1S/C37H47FN2O10/c1-6-7-8-12-33(42)49-23-37(2,3)34(43)35(44)40-17-10-9-11-28(40)36(45)50-29(15-13-24-14-16-30(46-4)31(18-24)47-5)25-19-26(38)21-27(20-25)48-22-32(39)41/h8,12,14,16,18-21,28-29H,6-7,9-11,13,15,17,22-23H2,1-5H3,(H2,39,41)/b12-8-/t28-,29-/m1/s1. The van der Waals surface area contributed by atoms with Crippen LogP contribution in [0.25, 0.3) is 0 Å². The number of likely N-dealkylation sites (tertiary alicyclic amines) is 1. The minimum atomic E-state index is -1.36. The summed E-state index contributed by atoms with van der Waals surface area (Å²) in [7, 11) is 3.03. The van der Waals surface area contributed by atoms with Crippen LogP contribution in [-0.4, -0.2) is 74.5 Å². The molecule has 2 amide bonds. The van der Waals surface area contributed by atoms with E-state index in [0.717, 1.165) is 18.1 Å². The van der Waals surface area contributed by atoms with E-state index in [9.17, 15) is 28.4 Å². The molecule has 13 heteroatoms. The molecule has 0 bridgehead atoms. The fourth-order valence-electron chi connectivity index (χ4n) is 5.41. The molecule has 0 saturated carbocycles. The van der Waals surface area contributed by atoms with Crippen molar-refractivity contribution in [2.45, 2.75) is 77.9 Å². The number of allylic oxidation sites excluding steroid dienone is 1. The summed E-state index contributed by atoms with van der Waals surface area (Å²) in [5, 5.41) is 0. The number of methoxy groups -OCH3 is 2. The van der Waals surface area contributed by atoms with E-state index in [-0.39, 0.29) is 37.3 Å². The Morgan fingerprint density at radius 2 is 1.78 bits per heavy atom. The van der Waals surface area contributed by atoms with Gasteiger partial charge in [0.15, 0.2) is 18.1 Å². The fourth-order valence-corrected chi connectivity index (χ4v) is 5.41. The molecule has 2 aromatic carbocycles. The third-order valence-electron chi connectivity index (χ3n) is 8.18. The zero-order chi connectivity index (χ0) is 36.8. The molecule has 2 atom stereocenters. The first-order valence-corrected chi connectivity index (χ1v) is 16.6. The number of piperidine rings is 1. The number of rotatable bonds is 18. The van der Waals surface area contributed by atoms with Gasteiger partial charge < -0.3 is 34.3 Å². The number of Topliss-reactive ketones (excluding diaryl/α,β-unsaturated/α-hetero) is 1. The van der Waals surface area contributed by atoms with Crippen molar-refractivity contribution in [1.29, 1.82) is 0 Å². The van der Waals surface area contributed by atoms with Gasteiger partial charge in [0.1, 0.15) is 30.3 Å². The van der Waals surface area contributed by atoms with E-state index < -0.39 is 59.5 Å². The van der Waals surface area contributed by atoms with Gasteiger partial charge in [-0.05, 0) is 87.8 Å². The van der Waals surface area contributed by atoms with Crippen molar-refractivity contribution in [3.8, 4) is 17.2 Å². The summed E-state index contributed by atoms with van der Waals surface area (Å²) in [6, 6.07) is 7.97. The smallest absolute Gasteiger partial charge is 0.330 e. The molecule has 1 aliphatic heterocycles. The maximum absolute atomic E-state index is 14.8. The Balaban J connectivity index is 1.85. The van der Waals surface area contributed by atoms with E-state index >= 15 is 0 Å². The number of primary amides is 1. The van der Waals surface area contributed by atoms with Gasteiger partial charge in [-0.15, -0.1) is 0 Å². The summed E-state index contributed by atoms with van der Waals surface area (Å²) >= 11 is 0. The van der Waals surface area contributed by atoms with Crippen LogP contribution >= 0.6 is 0 Å². The average Bonchev–Trinajstić information content (AvgIpc) is 3.10. The molecule has 2 N–H and O–H groups in total. The number of amides is 2. The second-order valence-corrected chi connectivity index (χ2v) is 12.7. The summed E-state index contributed by atoms with van der Waals surface area (Å²) in [5.74, 6) is -3.50. The number of nitrogens with two attached hydrogens (primary N) is 1. The Hall–Kier alpha value is -4.94. The van der Waals surface area contributed by atoms with Gasteiger partial charge in [-0.2, -0.15) is 0 Å². The average molecular weight is 699 g/mol. The molecule has 0 aliphatic carbocycles. The molecule has 0 aromatic heterocycles. The summed E-state index contributed by atoms with van der Waals surface area (Å²) < 4.78 is 42.1. The number of unbranched alkanes of at least 4 members (excludes halogenated alkanes) is 1. The number of benzene rings is 2. The Morgan fingerprint density at radius 1 is 1.04 bits per heavy atom. The molecule has 0 spiro atoms. The van der Waals surface area contributed by atoms with Crippen molar-refractivity contribution in [2.24, 2.45) is 11.1 Å². The highest BCUT2D eigenvalue weighted by Crippen LogP contribution is 2.33. The first-order valence-electron chi connectivity index (χ1n) is 16.6. The predicted molar refractivity (Wildman–Crippen MR) is 181 cm³/mol. The first-order chi connectivity index (χ1) is 23.8. The van der Waals surface area contributed by atoms with Crippen LogP contribution in [0.3, 0.4) is 0 Å². The monoisotopic (exact) mass is 698 g/mol. The van der Waals surface area contributed by atoms with Crippen LogP contribution in [0, 0.1) is 11.2 Å². The molecular formula is C37H47FN2O10. The van der Waals surface area contributed by atoms with Crippen LogP contribution in [0.15, 0.2) is 48.6 Å². The van der Waals surface area contributed by atoms with Crippen LogP contribution in [0.1, 0.15) is 76.5 Å². The van der Waals surface area contributed by atoms with Gasteiger partial charge in [0, 0.05) is 18.7 Å². The number of hydrogen-bond acceptors (Lipinski definition) is 10. The number of hydrogen-bond donors (Lipinski definition) is 1. The lowest BCUT2D eigenvalue weighted by molar-refractivity contribution is -0.165. The second-order valence-electron chi connectivity index (χ2n) is 12.7. The molecule has 2 aromatic rings. The Morgan fingerprint density at radius 3 is 2.46 bits per heavy atom. The number of carbonyl (C=O) groups is 5. The molecule has 1 aliphatic rings. The number of ketones is 1. The summed E-state index contributed by atoms with van der Waals surface area (Å²) in [6.45, 7) is 4.29. The van der Waals surface area contributed by atoms with Crippen molar-refractivity contribution in [2.75, 3.05) is 34.0 Å². The molecule has 0 unspecified atom stereocenters. The molecule has 0 radical (unpaired) electrons. The van der Waals surface area contributed by atoms with E-state index in [1.807, 2.05) is 13.0 Å². The SMILES string of the molecule is CCC/C=C\C(=O)OCC(C)(C)C(=O)C(=O)N1CCCC[C@@H]1C(=O)O[C@H](CCc1ccc(OC)c(OC)c1)c1cc(F)cc(OCC(N)=O)c1. The highest BCUT2D eigenvalue weighted by Gasteiger charge is 2.42. The Bertz CT molecular complexity index is 1560. The molecule has 50 heavy (non-hydrogen) atoms. The number of ether oxygens (including phenoxy) is 5. The van der Waals surface area contributed by atoms with E-state index in [2.05, 4.69) is 0 Å². The minimum absolute atomic E-state index is 0.00909. The maximum Gasteiger partial charge on any atom is 0.330 e. The number of nitrogens with zero attached hydrogens (tertiary/aromatic N) is 1. The minimum Gasteiger partial charge on any atom is -0.493 e. The van der Waals surface area contributed by atoms with Gasteiger partial charge in [-0.1, -0.05) is 25.5 Å². The van der Waals surface area contributed by atoms with Gasteiger partial charge >= 0.3 is 11.9 Å². The zero-order valence-electron chi connectivity index (χ0n) is 29.3. The molecule has 12 nitrogen and oxygen atoms in total. The molecule has 3 rings (SSSR count). The molecule has 1 heterocycles. The van der Waals surface area contributed by atoms with Gasteiger partial charge in [-0.25, -0.2) is 14.0 Å². The lowest BCUT2D eigenvalue weighted by Gasteiger charge is -2.36. The zero-order valence-corrected chi connectivity index (χ0v) is 29.3. The quantitative estimate of drug-likeness (QED) is 0.130. The second kappa shape index (κ2) is 18.7. The molecule has 272 valence electrons. The lowest BCUT2D eigenvalue weighted by atomic mass is 9.87. The first kappa shape index (κ1) is 39.5. The van der Waals surface area contributed by atoms with E-state index in [1.165, 1.54) is 51.2 Å². The predicted octanol–water partition coefficient (Wildman–Crippen LogP) is 4.80. The number of halogens is 1. The van der Waals surface area contributed by atoms with Crippen LogP contribution in [0.4, 0.5) is 4.39 Å². The largest absolute Gasteiger partial charge is 0.493 e. The summed E-state index contributed by atoms with van der Waals surface area (Å²) in [6.07, 6.45) is 5.45. The molecule has 1 saturated heterocycles. The highest BCUT2D eigenvalue weighted by molar-refractivity contribution is 6.38. The van der Waals surface area contributed by atoms with Crippen molar-refractivity contribution >= 4 is 29.5 Å². The molecule has 1 fully saturated rings. The van der Waals surface area contributed by atoms with Crippen LogP contribution in [0.5, 0.6) is 17.2 Å². The van der Waals surface area contributed by atoms with E-state index in [4.69, 9.17) is 29.4 Å². The van der Waals surface area contributed by atoms with E-state index in [1.54, 1.807) is 18.2 Å². The van der Waals surface area contributed by atoms with Gasteiger partial charge in [-0.3, -0.25) is 14.4 Å². The highest BCUT2D eigenvalue weighted by atomic mass is 19.1. The Kier molecular flexibility index (Phi) is 14.8. The van der Waals surface area contributed by atoms with Crippen LogP contribution in [-0.2, 0) is 39.9 Å². The van der Waals surface area contributed by atoms with Crippen molar-refractivity contribution in [3.63, 3.8) is 0 Å². The van der Waals surface area contributed by atoms with E-state index in [0.29, 0.717) is 37.2 Å². The van der Waals surface area contributed by atoms with Gasteiger partial charge in [0.25, 0.3) is 11.8 Å². The number of carbonyl (C=O) groups excluding carboxylic acids is 5. The van der Waals surface area contributed by atoms with Gasteiger partial charge in [0.05, 0.1) is 19.6 Å². The number of aryl methyl sites for hydroxylation is 1. The fraction of sp³-hybridized carbons (Fsp3) is 0.486. The maximum atomic E-state index is 14.8. The van der Waals surface area contributed by atoms with Gasteiger partial charge in [0.2, 0.25) is 5.78 Å². The third kappa shape index (κ3) is 11.3. The Labute approximate surface area is 292 Å². The normalized spacial score (nSPS) is 15.2. The summed E-state index contributed by atoms with van der Waals surface area (Å²) in [4.78, 5) is 65.5. The topological polar surface area (TPSA) is 161 Å². The number of esters is 2. The van der Waals surface area contributed by atoms with Crippen molar-refractivity contribution < 1.29 is 52.0 Å². The third-order valence-corrected chi connectivity index (χ3v) is 8.18. The molecular weight excluding hydrogens is 651 g/mol. The summed E-state index contributed by atoms with van der Waals surface area (Å²) in [5.41, 5.74) is 4.90. The van der Waals surface area contributed by atoms with Crippen molar-refractivity contribution in [1.82, 2.24) is 4.90 Å². The van der Waals surface area contributed by atoms with Crippen molar-refractivity contribution in [3.05, 3.63) is 65.5 Å². The van der Waals surface area contributed by atoms with Crippen LogP contribution < -0.4 is 19.9 Å². The van der Waals surface area contributed by atoms with Crippen LogP contribution in [0.2, 0.25) is 0 Å².